The van der Waals surface area contributed by atoms with Crippen molar-refractivity contribution in [2.24, 2.45) is 0 Å². The second-order valence-electron chi connectivity index (χ2n) is 5.59. The minimum atomic E-state index is -4.87. The Morgan fingerprint density at radius 1 is 1.39 bits per heavy atom. The van der Waals surface area contributed by atoms with Gasteiger partial charge in [0.25, 0.3) is 12.3 Å². The highest BCUT2D eigenvalue weighted by molar-refractivity contribution is 5.96. The summed E-state index contributed by atoms with van der Waals surface area (Å²) in [5.41, 5.74) is -2.74. The molecule has 1 aliphatic rings. The summed E-state index contributed by atoms with van der Waals surface area (Å²) in [5, 5.41) is 2.46. The van der Waals surface area contributed by atoms with Gasteiger partial charge in [-0.05, 0) is 38.6 Å². The van der Waals surface area contributed by atoms with Gasteiger partial charge in [-0.15, -0.1) is 0 Å². The molecule has 0 saturated carbocycles. The Balaban J connectivity index is 2.18. The van der Waals surface area contributed by atoms with Crippen LogP contribution in [-0.4, -0.2) is 37.0 Å². The summed E-state index contributed by atoms with van der Waals surface area (Å²) in [6.07, 6.45) is -6.08. The molecule has 0 aromatic heterocycles. The maximum Gasteiger partial charge on any atom is 0.417 e. The lowest BCUT2D eigenvalue weighted by Gasteiger charge is -2.20. The van der Waals surface area contributed by atoms with Crippen molar-refractivity contribution in [1.82, 2.24) is 10.2 Å². The van der Waals surface area contributed by atoms with Crippen LogP contribution in [0, 0.1) is 0 Å². The fraction of sp³-hybridized carbons (Fsp3) is 0.533. The van der Waals surface area contributed by atoms with Crippen LogP contribution in [-0.2, 0) is 6.18 Å². The number of amides is 1. The van der Waals surface area contributed by atoms with Crippen LogP contribution in [0.3, 0.4) is 0 Å². The molecule has 1 saturated heterocycles. The second kappa shape index (κ2) is 6.82. The molecule has 1 N–H and O–H groups in total. The van der Waals surface area contributed by atoms with Crippen molar-refractivity contribution in [2.75, 3.05) is 20.1 Å². The van der Waals surface area contributed by atoms with E-state index in [1.54, 1.807) is 0 Å². The quantitative estimate of drug-likeness (QED) is 0.854. The number of hydrogen-bond donors (Lipinski definition) is 1. The van der Waals surface area contributed by atoms with Crippen molar-refractivity contribution in [3.63, 3.8) is 0 Å². The Labute approximate surface area is 130 Å². The summed E-state index contributed by atoms with van der Waals surface area (Å²) in [4.78, 5) is 14.1. The van der Waals surface area contributed by atoms with E-state index in [9.17, 15) is 26.7 Å². The molecule has 1 aromatic carbocycles. The maximum absolute atomic E-state index is 13.0. The third kappa shape index (κ3) is 4.19. The Bertz CT molecular complexity index is 573. The van der Waals surface area contributed by atoms with Gasteiger partial charge in [-0.2, -0.15) is 13.2 Å². The zero-order valence-electron chi connectivity index (χ0n) is 12.5. The average Bonchev–Trinajstić information content (AvgIpc) is 2.88. The molecule has 1 aliphatic heterocycles. The van der Waals surface area contributed by atoms with Gasteiger partial charge in [-0.25, -0.2) is 8.78 Å². The summed E-state index contributed by atoms with van der Waals surface area (Å²) < 4.78 is 64.2. The molecule has 128 valence electrons. The largest absolute Gasteiger partial charge is 0.417 e. The van der Waals surface area contributed by atoms with Crippen molar-refractivity contribution in [3.8, 4) is 0 Å². The first-order chi connectivity index (χ1) is 10.7. The Morgan fingerprint density at radius 2 is 2.09 bits per heavy atom. The van der Waals surface area contributed by atoms with Gasteiger partial charge in [-0.3, -0.25) is 4.79 Å². The summed E-state index contributed by atoms with van der Waals surface area (Å²) in [5.74, 6) is -0.904. The van der Waals surface area contributed by atoms with Crippen molar-refractivity contribution in [3.05, 3.63) is 34.9 Å². The van der Waals surface area contributed by atoms with Crippen molar-refractivity contribution in [1.29, 1.82) is 0 Å². The number of likely N-dealkylation sites (tertiary alicyclic amines) is 1. The van der Waals surface area contributed by atoms with Crippen LogP contribution in [0.5, 0.6) is 0 Å². The normalized spacial score (nSPS) is 19.3. The van der Waals surface area contributed by atoms with Crippen LogP contribution in [0.25, 0.3) is 0 Å². The lowest BCUT2D eigenvalue weighted by Crippen LogP contribution is -2.38. The van der Waals surface area contributed by atoms with Crippen LogP contribution in [0.4, 0.5) is 22.0 Å². The topological polar surface area (TPSA) is 32.3 Å². The number of halogens is 5. The molecule has 1 atom stereocenters. The highest BCUT2D eigenvalue weighted by Crippen LogP contribution is 2.34. The molecule has 1 heterocycles. The van der Waals surface area contributed by atoms with Crippen molar-refractivity contribution < 1.29 is 26.7 Å². The Hall–Kier alpha value is -1.70. The molecular weight excluding hydrogens is 319 g/mol. The van der Waals surface area contributed by atoms with E-state index in [0.29, 0.717) is 6.07 Å². The second-order valence-corrected chi connectivity index (χ2v) is 5.59. The molecule has 0 spiro atoms. The smallest absolute Gasteiger partial charge is 0.350 e. The highest BCUT2D eigenvalue weighted by atomic mass is 19.4. The van der Waals surface area contributed by atoms with Crippen LogP contribution in [0.2, 0.25) is 0 Å². The standard InChI is InChI=1S/C15H17F5N2O/c1-22-6-2-3-10(22)8-21-14(23)11-5-4-9(13(16)17)7-12(11)15(18,19)20/h4-5,7,10,13H,2-3,6,8H2,1H3,(H,21,23)/t10-/m0/s1. The summed E-state index contributed by atoms with van der Waals surface area (Å²) in [6.45, 7) is 1.10. The van der Waals surface area contributed by atoms with E-state index >= 15 is 0 Å². The molecule has 3 nitrogen and oxygen atoms in total. The molecule has 1 amide bonds. The molecule has 1 aromatic rings. The van der Waals surface area contributed by atoms with E-state index < -0.39 is 35.2 Å². The van der Waals surface area contributed by atoms with E-state index in [-0.39, 0.29) is 12.6 Å². The van der Waals surface area contributed by atoms with Gasteiger partial charge < -0.3 is 10.2 Å². The van der Waals surface area contributed by atoms with Gasteiger partial charge in [0.1, 0.15) is 0 Å². The van der Waals surface area contributed by atoms with Gasteiger partial charge in [0.15, 0.2) is 0 Å². The molecule has 2 rings (SSSR count). The van der Waals surface area contributed by atoms with E-state index in [1.165, 1.54) is 0 Å². The minimum absolute atomic E-state index is 0.0774. The zero-order chi connectivity index (χ0) is 17.2. The Kier molecular flexibility index (Phi) is 5.23. The van der Waals surface area contributed by atoms with Gasteiger partial charge in [0.05, 0.1) is 11.1 Å². The number of nitrogens with zero attached hydrogens (tertiary/aromatic N) is 1. The van der Waals surface area contributed by atoms with Gasteiger partial charge in [-0.1, -0.05) is 6.07 Å². The van der Waals surface area contributed by atoms with Crippen molar-refractivity contribution in [2.45, 2.75) is 31.5 Å². The van der Waals surface area contributed by atoms with Crippen LogP contribution >= 0.6 is 0 Å². The fourth-order valence-corrected chi connectivity index (χ4v) is 2.67. The lowest BCUT2D eigenvalue weighted by molar-refractivity contribution is -0.138. The third-order valence-electron chi connectivity index (χ3n) is 4.02. The molecule has 8 heteroatoms. The first-order valence-corrected chi connectivity index (χ1v) is 7.18. The van der Waals surface area contributed by atoms with E-state index in [4.69, 9.17) is 0 Å². The molecule has 23 heavy (non-hydrogen) atoms. The van der Waals surface area contributed by atoms with Crippen LogP contribution in [0.15, 0.2) is 18.2 Å². The fourth-order valence-electron chi connectivity index (χ4n) is 2.67. The molecule has 0 aliphatic carbocycles. The molecular formula is C15H17F5N2O. The maximum atomic E-state index is 13.0. The summed E-state index contributed by atoms with van der Waals surface area (Å²) in [6, 6.07) is 2.06. The van der Waals surface area contributed by atoms with Gasteiger partial charge in [0, 0.05) is 18.2 Å². The van der Waals surface area contributed by atoms with Crippen molar-refractivity contribution >= 4 is 5.91 Å². The first-order valence-electron chi connectivity index (χ1n) is 7.18. The van der Waals surface area contributed by atoms with Crippen LogP contribution < -0.4 is 5.32 Å². The predicted molar refractivity (Wildman–Crippen MR) is 74.4 cm³/mol. The minimum Gasteiger partial charge on any atom is -0.350 e. The molecule has 0 unspecified atom stereocenters. The number of hydrogen-bond acceptors (Lipinski definition) is 2. The number of rotatable bonds is 4. The molecule has 0 bridgehead atoms. The number of nitrogens with one attached hydrogen (secondary N) is 1. The predicted octanol–water partition coefficient (Wildman–Crippen LogP) is 3.47. The zero-order valence-corrected chi connectivity index (χ0v) is 12.5. The Morgan fingerprint density at radius 3 is 2.61 bits per heavy atom. The third-order valence-corrected chi connectivity index (χ3v) is 4.02. The lowest BCUT2D eigenvalue weighted by atomic mass is 10.0. The molecule has 0 radical (unpaired) electrons. The number of likely N-dealkylation sites (N-methyl/N-ethyl adjacent to an activating group) is 1. The SMILES string of the molecule is CN1CCC[C@H]1CNC(=O)c1ccc(C(F)F)cc1C(F)(F)F. The van der Waals surface area contributed by atoms with E-state index in [2.05, 4.69) is 5.32 Å². The van der Waals surface area contributed by atoms with Gasteiger partial charge >= 0.3 is 6.18 Å². The average molecular weight is 336 g/mol. The van der Waals surface area contributed by atoms with E-state index in [1.807, 2.05) is 11.9 Å². The highest BCUT2D eigenvalue weighted by Gasteiger charge is 2.36. The number of carbonyl (C=O) groups excluding carboxylic acids is 1. The monoisotopic (exact) mass is 336 g/mol. The summed E-state index contributed by atoms with van der Waals surface area (Å²) >= 11 is 0. The molecule has 1 fully saturated rings. The van der Waals surface area contributed by atoms with E-state index in [0.717, 1.165) is 31.5 Å². The van der Waals surface area contributed by atoms with Gasteiger partial charge in [0.2, 0.25) is 0 Å². The number of alkyl halides is 5. The number of benzene rings is 1. The summed E-state index contributed by atoms with van der Waals surface area (Å²) in [7, 11) is 1.88. The number of carbonyl (C=O) groups is 1. The van der Waals surface area contributed by atoms with Crippen LogP contribution in [0.1, 0.15) is 40.8 Å². The first kappa shape index (κ1) is 17.7.